The largest absolute Gasteiger partial charge is 0.445 e. The van der Waals surface area contributed by atoms with E-state index >= 15 is 0 Å². The minimum atomic E-state index is -0.867. The van der Waals surface area contributed by atoms with Crippen LogP contribution in [0.4, 0.5) is 0 Å². The van der Waals surface area contributed by atoms with Crippen molar-refractivity contribution < 1.29 is 9.52 Å². The van der Waals surface area contributed by atoms with E-state index in [1.807, 2.05) is 20.8 Å². The third-order valence-electron chi connectivity index (χ3n) is 4.38. The lowest BCUT2D eigenvalue weighted by Gasteiger charge is -2.23. The Morgan fingerprint density at radius 3 is 2.50 bits per heavy atom. The molecule has 1 aromatic heterocycles. The van der Waals surface area contributed by atoms with Crippen LogP contribution in [0.25, 0.3) is 0 Å². The Morgan fingerprint density at radius 1 is 1.33 bits per heavy atom. The molecule has 3 heteroatoms. The van der Waals surface area contributed by atoms with E-state index < -0.39 is 5.60 Å². The summed E-state index contributed by atoms with van der Waals surface area (Å²) in [5, 5.41) is 10.3. The van der Waals surface area contributed by atoms with E-state index in [9.17, 15) is 5.11 Å². The molecular weight excluding hydrogens is 226 g/mol. The Kier molecular flexibility index (Phi) is 3.81. The number of aliphatic hydroxyl groups is 1. The summed E-state index contributed by atoms with van der Waals surface area (Å²) in [5.41, 5.74) is -0.146. The average molecular weight is 251 g/mol. The first-order valence-electron chi connectivity index (χ1n) is 7.14. The second-order valence-corrected chi connectivity index (χ2v) is 6.04. The van der Waals surface area contributed by atoms with Gasteiger partial charge in [-0.15, -0.1) is 0 Å². The molecule has 0 radical (unpaired) electrons. The first-order valence-corrected chi connectivity index (χ1v) is 7.14. The fraction of sp³-hybridized carbons (Fsp3) is 0.800. The molecule has 0 aromatic carbocycles. The molecule has 1 aromatic rings. The van der Waals surface area contributed by atoms with Gasteiger partial charge in [-0.2, -0.15) is 0 Å². The van der Waals surface area contributed by atoms with Crippen LogP contribution in [0.1, 0.15) is 76.1 Å². The average Bonchev–Trinajstić information content (AvgIpc) is 2.73. The van der Waals surface area contributed by atoms with Gasteiger partial charge in [0, 0.05) is 5.92 Å². The van der Waals surface area contributed by atoms with Crippen molar-refractivity contribution in [3.05, 3.63) is 17.3 Å². The quantitative estimate of drug-likeness (QED) is 0.886. The maximum absolute atomic E-state index is 10.3. The molecule has 3 nitrogen and oxygen atoms in total. The lowest BCUT2D eigenvalue weighted by Crippen LogP contribution is -2.21. The molecule has 2 rings (SSSR count). The summed E-state index contributed by atoms with van der Waals surface area (Å²) in [7, 11) is 0. The van der Waals surface area contributed by atoms with Gasteiger partial charge >= 0.3 is 0 Å². The molecule has 0 spiro atoms. The summed E-state index contributed by atoms with van der Waals surface area (Å²) < 4.78 is 5.81. The minimum Gasteiger partial charge on any atom is -0.445 e. The number of aryl methyl sites for hydroxylation is 1. The summed E-state index contributed by atoms with van der Waals surface area (Å²) in [6.07, 6.45) is 5.49. The summed E-state index contributed by atoms with van der Waals surface area (Å²) in [6, 6.07) is 0. The van der Waals surface area contributed by atoms with Gasteiger partial charge < -0.3 is 9.52 Å². The van der Waals surface area contributed by atoms with Gasteiger partial charge in [0.05, 0.1) is 0 Å². The molecule has 1 aliphatic carbocycles. The zero-order chi connectivity index (χ0) is 13.3. The van der Waals surface area contributed by atoms with Crippen LogP contribution in [-0.2, 0) is 5.60 Å². The minimum absolute atomic E-state index is 0.446. The summed E-state index contributed by atoms with van der Waals surface area (Å²) in [5.74, 6) is 2.88. The molecule has 102 valence electrons. The van der Waals surface area contributed by atoms with Crippen molar-refractivity contribution in [2.75, 3.05) is 0 Å². The van der Waals surface area contributed by atoms with Crippen LogP contribution in [0.5, 0.6) is 0 Å². The topological polar surface area (TPSA) is 46.3 Å². The summed E-state index contributed by atoms with van der Waals surface area (Å²) in [4.78, 5) is 4.58. The predicted octanol–water partition coefficient (Wildman–Crippen LogP) is 3.89. The van der Waals surface area contributed by atoms with Crippen molar-refractivity contribution >= 4 is 0 Å². The van der Waals surface area contributed by atoms with Crippen molar-refractivity contribution in [3.63, 3.8) is 0 Å². The smallest absolute Gasteiger partial charge is 0.197 e. The van der Waals surface area contributed by atoms with E-state index in [0.29, 0.717) is 12.3 Å². The number of nitrogens with zero attached hydrogens (tertiary/aromatic N) is 1. The van der Waals surface area contributed by atoms with Crippen LogP contribution < -0.4 is 0 Å². The van der Waals surface area contributed by atoms with E-state index in [1.54, 1.807) is 0 Å². The Bertz CT molecular complexity index is 401. The van der Waals surface area contributed by atoms with Crippen LogP contribution in [0.3, 0.4) is 0 Å². The maximum Gasteiger partial charge on any atom is 0.197 e. The molecule has 18 heavy (non-hydrogen) atoms. The molecular formula is C15H25NO2. The molecule has 0 saturated heterocycles. The normalized spacial score (nSPS) is 28.1. The van der Waals surface area contributed by atoms with Gasteiger partial charge in [-0.25, -0.2) is 4.98 Å². The van der Waals surface area contributed by atoms with Crippen molar-refractivity contribution in [3.8, 4) is 0 Å². The second-order valence-electron chi connectivity index (χ2n) is 6.04. The van der Waals surface area contributed by atoms with Gasteiger partial charge in [0.2, 0.25) is 0 Å². The Balaban J connectivity index is 2.19. The van der Waals surface area contributed by atoms with Crippen molar-refractivity contribution in [2.45, 2.75) is 71.3 Å². The summed E-state index contributed by atoms with van der Waals surface area (Å²) in [6.45, 7) is 7.99. The van der Waals surface area contributed by atoms with E-state index in [4.69, 9.17) is 4.42 Å². The van der Waals surface area contributed by atoms with Gasteiger partial charge in [0.25, 0.3) is 0 Å². The zero-order valence-corrected chi connectivity index (χ0v) is 12.0. The SMILES string of the molecule is CCC(C)(O)c1nc([C@H]2CC[C@H](C)CC2)oc1C. The van der Waals surface area contributed by atoms with E-state index in [2.05, 4.69) is 11.9 Å². The third-order valence-corrected chi connectivity index (χ3v) is 4.38. The first-order chi connectivity index (χ1) is 8.44. The van der Waals surface area contributed by atoms with Gasteiger partial charge in [0.1, 0.15) is 17.1 Å². The third kappa shape index (κ3) is 2.61. The van der Waals surface area contributed by atoms with Crippen molar-refractivity contribution in [2.24, 2.45) is 5.92 Å². The standard InChI is InChI=1S/C15H25NO2/c1-5-15(4,17)13-11(3)18-14(16-13)12-8-6-10(2)7-9-12/h10,12,17H,5-9H2,1-4H3/t10-,12-,15?. The van der Waals surface area contributed by atoms with Gasteiger partial charge in [0.15, 0.2) is 5.89 Å². The Hall–Kier alpha value is -0.830. The van der Waals surface area contributed by atoms with Gasteiger partial charge in [-0.1, -0.05) is 13.8 Å². The molecule has 1 heterocycles. The monoisotopic (exact) mass is 251 g/mol. The zero-order valence-electron chi connectivity index (χ0n) is 12.0. The van der Waals surface area contributed by atoms with E-state index in [1.165, 1.54) is 12.8 Å². The maximum atomic E-state index is 10.3. The van der Waals surface area contributed by atoms with Crippen LogP contribution in [0.15, 0.2) is 4.42 Å². The number of rotatable bonds is 3. The molecule has 1 unspecified atom stereocenters. The van der Waals surface area contributed by atoms with Crippen LogP contribution >= 0.6 is 0 Å². The van der Waals surface area contributed by atoms with Crippen LogP contribution in [-0.4, -0.2) is 10.1 Å². The highest BCUT2D eigenvalue weighted by atomic mass is 16.4. The highest BCUT2D eigenvalue weighted by Crippen LogP contribution is 2.37. The van der Waals surface area contributed by atoms with Gasteiger partial charge in [-0.05, 0) is 51.9 Å². The first kappa shape index (κ1) is 13.6. The Labute approximate surface area is 110 Å². The van der Waals surface area contributed by atoms with E-state index in [0.717, 1.165) is 36.1 Å². The van der Waals surface area contributed by atoms with E-state index in [-0.39, 0.29) is 0 Å². The summed E-state index contributed by atoms with van der Waals surface area (Å²) >= 11 is 0. The molecule has 0 bridgehead atoms. The number of hydrogen-bond donors (Lipinski definition) is 1. The van der Waals surface area contributed by atoms with Crippen LogP contribution in [0, 0.1) is 12.8 Å². The second kappa shape index (κ2) is 5.04. The van der Waals surface area contributed by atoms with Crippen LogP contribution in [0.2, 0.25) is 0 Å². The Morgan fingerprint density at radius 2 is 1.94 bits per heavy atom. The molecule has 1 N–H and O–H groups in total. The highest BCUT2D eigenvalue weighted by molar-refractivity contribution is 5.17. The van der Waals surface area contributed by atoms with Gasteiger partial charge in [-0.3, -0.25) is 0 Å². The van der Waals surface area contributed by atoms with Crippen molar-refractivity contribution in [1.82, 2.24) is 4.98 Å². The molecule has 1 atom stereocenters. The number of aromatic nitrogens is 1. The van der Waals surface area contributed by atoms with Crippen molar-refractivity contribution in [1.29, 1.82) is 0 Å². The fourth-order valence-electron chi connectivity index (χ4n) is 2.77. The highest BCUT2D eigenvalue weighted by Gasteiger charge is 2.31. The molecule has 0 amide bonds. The number of oxazole rings is 1. The molecule has 1 saturated carbocycles. The molecule has 0 aliphatic heterocycles. The number of hydrogen-bond acceptors (Lipinski definition) is 3. The lowest BCUT2D eigenvalue weighted by molar-refractivity contribution is 0.0475. The molecule has 1 fully saturated rings. The predicted molar refractivity (Wildman–Crippen MR) is 71.5 cm³/mol. The lowest BCUT2D eigenvalue weighted by atomic mass is 9.83. The molecule has 1 aliphatic rings. The fourth-order valence-corrected chi connectivity index (χ4v) is 2.77.